The number of rotatable bonds is 1. The zero-order chi connectivity index (χ0) is 13.0. The Morgan fingerprint density at radius 1 is 1.33 bits per heavy atom. The summed E-state index contributed by atoms with van der Waals surface area (Å²) in [7, 11) is 0. The summed E-state index contributed by atoms with van der Waals surface area (Å²) in [6, 6.07) is 3.99. The molecule has 0 fully saturated rings. The summed E-state index contributed by atoms with van der Waals surface area (Å²) in [6.07, 6.45) is 0.510. The summed E-state index contributed by atoms with van der Waals surface area (Å²) in [5.41, 5.74) is 3.39. The molecule has 0 amide bonds. The summed E-state index contributed by atoms with van der Waals surface area (Å²) >= 11 is 0. The molecule has 3 rings (SSSR count). The van der Waals surface area contributed by atoms with Crippen LogP contribution in [-0.2, 0) is 0 Å². The summed E-state index contributed by atoms with van der Waals surface area (Å²) in [5, 5.41) is 11.1. The molecule has 3 nitrogen and oxygen atoms in total. The number of aliphatic hydroxyl groups excluding tert-OH is 1. The maximum Gasteiger partial charge on any atom is 0.195 e. The van der Waals surface area contributed by atoms with Gasteiger partial charge in [0.2, 0.25) is 0 Å². The molecule has 94 valence electrons. The topological polar surface area (TPSA) is 50.4 Å². The van der Waals surface area contributed by atoms with Gasteiger partial charge in [-0.1, -0.05) is 19.9 Å². The van der Waals surface area contributed by atoms with Gasteiger partial charge in [-0.3, -0.25) is 4.79 Å². The molecule has 0 aliphatic heterocycles. The molecular formula is C15H16O3. The molecule has 0 spiro atoms. The number of benzene rings is 1. The van der Waals surface area contributed by atoms with Crippen LogP contribution >= 0.6 is 0 Å². The molecule has 3 heteroatoms. The molecule has 0 saturated heterocycles. The number of hydrogen-bond acceptors (Lipinski definition) is 3. The van der Waals surface area contributed by atoms with Crippen molar-refractivity contribution in [3.8, 4) is 0 Å². The minimum Gasteiger partial charge on any atom is -0.464 e. The molecule has 0 bridgehead atoms. The van der Waals surface area contributed by atoms with Gasteiger partial charge >= 0.3 is 0 Å². The number of carbonyl (C=O) groups excluding carboxylic acids is 1. The molecule has 0 unspecified atom stereocenters. The van der Waals surface area contributed by atoms with E-state index in [-0.39, 0.29) is 17.6 Å². The highest BCUT2D eigenvalue weighted by atomic mass is 16.3. The average Bonchev–Trinajstić information content (AvgIpc) is 2.69. The van der Waals surface area contributed by atoms with Gasteiger partial charge in [0.25, 0.3) is 0 Å². The van der Waals surface area contributed by atoms with E-state index in [9.17, 15) is 9.90 Å². The van der Waals surface area contributed by atoms with E-state index in [2.05, 4.69) is 6.07 Å². The largest absolute Gasteiger partial charge is 0.464 e. The Morgan fingerprint density at radius 2 is 2.06 bits per heavy atom. The van der Waals surface area contributed by atoms with Crippen LogP contribution in [0.2, 0.25) is 0 Å². The zero-order valence-electron chi connectivity index (χ0n) is 10.7. The van der Waals surface area contributed by atoms with Crippen molar-refractivity contribution >= 4 is 16.8 Å². The highest BCUT2D eigenvalue weighted by Crippen LogP contribution is 2.41. The second kappa shape index (κ2) is 3.69. The first kappa shape index (κ1) is 11.5. The van der Waals surface area contributed by atoms with E-state index in [1.54, 1.807) is 0 Å². The van der Waals surface area contributed by atoms with Gasteiger partial charge in [0.1, 0.15) is 18.0 Å². The third-order valence-corrected chi connectivity index (χ3v) is 3.80. The van der Waals surface area contributed by atoms with Crippen molar-refractivity contribution in [3.05, 3.63) is 35.1 Å². The Bertz CT molecular complexity index is 636. The quantitative estimate of drug-likeness (QED) is 0.838. The first-order valence-electron chi connectivity index (χ1n) is 6.24. The van der Waals surface area contributed by atoms with Crippen LogP contribution in [0.1, 0.15) is 41.3 Å². The number of furan rings is 1. The van der Waals surface area contributed by atoms with Crippen LogP contribution in [0.4, 0.5) is 0 Å². The van der Waals surface area contributed by atoms with E-state index < -0.39 is 6.10 Å². The van der Waals surface area contributed by atoms with E-state index in [1.165, 1.54) is 6.26 Å². The van der Waals surface area contributed by atoms with Gasteiger partial charge in [0, 0.05) is 11.3 Å². The molecule has 1 heterocycles. The maximum absolute atomic E-state index is 12.2. The summed E-state index contributed by atoms with van der Waals surface area (Å²) in [4.78, 5) is 12.2. The van der Waals surface area contributed by atoms with Gasteiger partial charge in [0.15, 0.2) is 5.78 Å². The molecule has 2 aromatic rings. The van der Waals surface area contributed by atoms with Crippen molar-refractivity contribution in [3.63, 3.8) is 0 Å². The van der Waals surface area contributed by atoms with Crippen molar-refractivity contribution in [1.29, 1.82) is 0 Å². The van der Waals surface area contributed by atoms with Gasteiger partial charge in [0.05, 0.1) is 5.56 Å². The lowest BCUT2D eigenvalue weighted by molar-refractivity contribution is 0.0636. The second-order valence-corrected chi connectivity index (χ2v) is 5.46. The maximum atomic E-state index is 12.2. The third kappa shape index (κ3) is 1.37. The standard InChI is InChI=1S/C15H16O3/c1-7(2)12-9-4-8(3)5-11-13(9)10(6-18-11)14(16)15(12)17/h4-7,12,15,17H,1-3H3/t12-,15+/m0/s1. The lowest BCUT2D eigenvalue weighted by Gasteiger charge is -2.30. The smallest absolute Gasteiger partial charge is 0.195 e. The molecular weight excluding hydrogens is 228 g/mol. The minimum absolute atomic E-state index is 0.148. The van der Waals surface area contributed by atoms with Crippen LogP contribution in [0.3, 0.4) is 0 Å². The number of carbonyl (C=O) groups is 1. The second-order valence-electron chi connectivity index (χ2n) is 5.46. The lowest BCUT2D eigenvalue weighted by Crippen LogP contribution is -2.34. The molecule has 1 N–H and O–H groups in total. The van der Waals surface area contributed by atoms with Crippen LogP contribution in [0.15, 0.2) is 22.8 Å². The predicted octanol–water partition coefficient (Wildman–Crippen LogP) is 3.04. The highest BCUT2D eigenvalue weighted by molar-refractivity contribution is 6.13. The van der Waals surface area contributed by atoms with Gasteiger partial charge in [-0.05, 0) is 30.0 Å². The number of aryl methyl sites for hydroxylation is 1. The minimum atomic E-state index is -0.958. The first-order valence-corrected chi connectivity index (χ1v) is 6.24. The summed E-state index contributed by atoms with van der Waals surface area (Å²) in [5.74, 6) is -0.161. The van der Waals surface area contributed by atoms with Crippen LogP contribution in [0.5, 0.6) is 0 Å². The van der Waals surface area contributed by atoms with Gasteiger partial charge in [-0.15, -0.1) is 0 Å². The monoisotopic (exact) mass is 244 g/mol. The van der Waals surface area contributed by atoms with Gasteiger partial charge in [-0.25, -0.2) is 0 Å². The third-order valence-electron chi connectivity index (χ3n) is 3.80. The normalized spacial score (nSPS) is 23.1. The number of hydrogen-bond donors (Lipinski definition) is 1. The van der Waals surface area contributed by atoms with Crippen LogP contribution in [0, 0.1) is 12.8 Å². The Morgan fingerprint density at radius 3 is 2.72 bits per heavy atom. The highest BCUT2D eigenvalue weighted by Gasteiger charge is 2.38. The van der Waals surface area contributed by atoms with Crippen LogP contribution < -0.4 is 0 Å². The SMILES string of the molecule is Cc1cc2c3c(coc3c1)C(=O)[C@H](O)[C@H]2C(C)C. The van der Waals surface area contributed by atoms with E-state index in [1.807, 2.05) is 26.8 Å². The summed E-state index contributed by atoms with van der Waals surface area (Å²) < 4.78 is 5.46. The van der Waals surface area contributed by atoms with E-state index in [4.69, 9.17) is 4.42 Å². The predicted molar refractivity (Wildman–Crippen MR) is 68.9 cm³/mol. The Hall–Kier alpha value is -1.61. The molecule has 1 aliphatic carbocycles. The molecule has 1 aromatic heterocycles. The molecule has 1 aromatic carbocycles. The fourth-order valence-corrected chi connectivity index (χ4v) is 3.00. The fraction of sp³-hybridized carbons (Fsp3) is 0.400. The van der Waals surface area contributed by atoms with Crippen LogP contribution in [-0.4, -0.2) is 17.0 Å². The first-order chi connectivity index (χ1) is 8.50. The van der Waals surface area contributed by atoms with E-state index in [0.717, 1.165) is 22.1 Å². The molecule has 0 radical (unpaired) electrons. The molecule has 1 aliphatic rings. The summed E-state index contributed by atoms with van der Waals surface area (Å²) in [6.45, 7) is 6.05. The number of aliphatic hydroxyl groups is 1. The fourth-order valence-electron chi connectivity index (χ4n) is 3.00. The lowest BCUT2D eigenvalue weighted by atomic mass is 9.75. The molecule has 18 heavy (non-hydrogen) atoms. The van der Waals surface area contributed by atoms with Crippen molar-refractivity contribution < 1.29 is 14.3 Å². The number of Topliss-reactive ketones (excluding diaryl/α,β-unsaturated/α-hetero) is 1. The van der Waals surface area contributed by atoms with E-state index in [0.29, 0.717) is 5.56 Å². The Kier molecular flexibility index (Phi) is 2.35. The molecule has 2 atom stereocenters. The zero-order valence-corrected chi connectivity index (χ0v) is 10.7. The number of ketones is 1. The van der Waals surface area contributed by atoms with Crippen molar-refractivity contribution in [2.45, 2.75) is 32.8 Å². The van der Waals surface area contributed by atoms with E-state index >= 15 is 0 Å². The van der Waals surface area contributed by atoms with Crippen molar-refractivity contribution in [1.82, 2.24) is 0 Å². The van der Waals surface area contributed by atoms with Crippen LogP contribution in [0.25, 0.3) is 11.0 Å². The van der Waals surface area contributed by atoms with Crippen molar-refractivity contribution in [2.24, 2.45) is 5.92 Å². The van der Waals surface area contributed by atoms with Gasteiger partial charge < -0.3 is 9.52 Å². The Labute approximate surface area is 105 Å². The average molecular weight is 244 g/mol. The molecule has 0 saturated carbocycles. The van der Waals surface area contributed by atoms with Gasteiger partial charge in [-0.2, -0.15) is 0 Å². The Balaban J connectivity index is 2.39. The van der Waals surface area contributed by atoms with Crippen molar-refractivity contribution in [2.75, 3.05) is 0 Å².